The van der Waals surface area contributed by atoms with Crippen LogP contribution in [-0.4, -0.2) is 59.2 Å². The van der Waals surface area contributed by atoms with E-state index in [1.165, 1.54) is 5.57 Å². The Labute approximate surface area is 224 Å². The molecule has 0 saturated carbocycles. The van der Waals surface area contributed by atoms with Gasteiger partial charge < -0.3 is 14.4 Å². The van der Waals surface area contributed by atoms with E-state index >= 15 is 0 Å². The molecule has 1 saturated heterocycles. The molecule has 2 aliphatic rings. The summed E-state index contributed by atoms with van der Waals surface area (Å²) in [6.45, 7) is 6.45. The van der Waals surface area contributed by atoms with E-state index in [0.717, 1.165) is 67.1 Å². The number of hydrogen-bond acceptors (Lipinski definition) is 6. The lowest BCUT2D eigenvalue weighted by molar-refractivity contribution is 0.0934. The minimum atomic E-state index is 0.426. The first-order valence-corrected chi connectivity index (χ1v) is 13.1. The molecule has 0 spiro atoms. The fourth-order valence-corrected chi connectivity index (χ4v) is 5.02. The van der Waals surface area contributed by atoms with E-state index in [-0.39, 0.29) is 0 Å². The summed E-state index contributed by atoms with van der Waals surface area (Å²) in [4.78, 5) is 12.3. The van der Waals surface area contributed by atoms with E-state index < -0.39 is 0 Å². The molecule has 1 unspecified atom stereocenters. The van der Waals surface area contributed by atoms with Gasteiger partial charge in [0.25, 0.3) is 0 Å². The van der Waals surface area contributed by atoms with Gasteiger partial charge in [-0.05, 0) is 44.0 Å². The van der Waals surface area contributed by atoms with Crippen LogP contribution in [0, 0.1) is 17.2 Å². The molecule has 1 fully saturated rings. The number of piperidine rings is 1. The van der Waals surface area contributed by atoms with E-state index in [0.29, 0.717) is 24.1 Å². The van der Waals surface area contributed by atoms with E-state index in [1.807, 2.05) is 34.9 Å². The highest BCUT2D eigenvalue weighted by Crippen LogP contribution is 2.34. The highest BCUT2D eigenvalue weighted by Gasteiger charge is 2.23. The van der Waals surface area contributed by atoms with E-state index in [9.17, 15) is 5.26 Å². The van der Waals surface area contributed by atoms with Crippen LogP contribution in [0.1, 0.15) is 30.9 Å². The van der Waals surface area contributed by atoms with Gasteiger partial charge in [-0.25, -0.2) is 4.98 Å². The molecular weight excluding hydrogens is 474 g/mol. The lowest BCUT2D eigenvalue weighted by Gasteiger charge is -2.32. The smallest absolute Gasteiger partial charge is 0.302 e. The number of likely N-dealkylation sites (tertiary alicyclic amines) is 1. The van der Waals surface area contributed by atoms with Crippen LogP contribution in [-0.2, 0) is 4.74 Å². The molecule has 3 aromatic rings. The first kappa shape index (κ1) is 25.7. The van der Waals surface area contributed by atoms with Crippen molar-refractivity contribution in [2.45, 2.75) is 19.8 Å². The molecule has 0 N–H and O–H groups in total. The number of rotatable bonds is 8. The summed E-state index contributed by atoms with van der Waals surface area (Å²) in [5.41, 5.74) is 6.18. The number of benzene rings is 1. The molecule has 0 bridgehead atoms. The van der Waals surface area contributed by atoms with Gasteiger partial charge in [0.1, 0.15) is 0 Å². The maximum atomic E-state index is 9.31. The predicted molar refractivity (Wildman–Crippen MR) is 150 cm³/mol. The van der Waals surface area contributed by atoms with Gasteiger partial charge in [-0.2, -0.15) is 10.2 Å². The Hall–Kier alpha value is -3.99. The van der Waals surface area contributed by atoms with Crippen molar-refractivity contribution in [1.29, 1.82) is 5.26 Å². The molecular formula is C31H33N5O2. The Kier molecular flexibility index (Phi) is 8.12. The fourth-order valence-electron chi connectivity index (χ4n) is 5.02. The lowest BCUT2D eigenvalue weighted by Crippen LogP contribution is -2.39. The Morgan fingerprint density at radius 3 is 2.79 bits per heavy atom. The number of nitriles is 1. The zero-order chi connectivity index (χ0) is 26.3. The van der Waals surface area contributed by atoms with E-state index in [1.54, 1.807) is 13.3 Å². The standard InChI is InChI=1S/C31H33N5O2/c1-23-6-3-9-26(10-4-7-23)28-29(27-13-11-24(20-32)12-14-27)34-31(36-17-15-33-30(28)36)38-22-25-8-5-16-35(21-25)18-19-37-2/h3-4,6-7,9-15,17,25H,5,8,16,18-19,21-22H2,1-2H3/b6-3-,7-4?,9-3?,10-4-,23-6?,23-7-,26-9+,26-10?. The first-order chi connectivity index (χ1) is 18.7. The van der Waals surface area contributed by atoms with Crippen molar-refractivity contribution in [3.63, 3.8) is 0 Å². The Morgan fingerprint density at radius 1 is 1.13 bits per heavy atom. The van der Waals surface area contributed by atoms with Crippen LogP contribution < -0.4 is 4.74 Å². The van der Waals surface area contributed by atoms with Crippen LogP contribution in [0.15, 0.2) is 78.7 Å². The molecule has 5 rings (SSSR count). The maximum Gasteiger partial charge on any atom is 0.302 e. The topological polar surface area (TPSA) is 75.7 Å². The maximum absolute atomic E-state index is 9.31. The van der Waals surface area contributed by atoms with Gasteiger partial charge in [0.05, 0.1) is 36.1 Å². The van der Waals surface area contributed by atoms with Crippen molar-refractivity contribution >= 4 is 11.2 Å². The monoisotopic (exact) mass is 507 g/mol. The van der Waals surface area contributed by atoms with Gasteiger partial charge in [0.2, 0.25) is 0 Å². The second-order valence-electron chi connectivity index (χ2n) is 9.79. The third kappa shape index (κ3) is 5.77. The van der Waals surface area contributed by atoms with Gasteiger partial charge in [-0.3, -0.25) is 4.40 Å². The summed E-state index contributed by atoms with van der Waals surface area (Å²) in [5.74, 6) is 0.426. The number of hydrogen-bond donors (Lipinski definition) is 0. The number of imidazole rings is 1. The molecule has 7 heteroatoms. The third-order valence-electron chi connectivity index (χ3n) is 7.02. The summed E-state index contributed by atoms with van der Waals surface area (Å²) < 4.78 is 13.6. The molecule has 1 aliphatic carbocycles. The van der Waals surface area contributed by atoms with Gasteiger partial charge in [-0.15, -0.1) is 0 Å². The minimum absolute atomic E-state index is 0.426. The van der Waals surface area contributed by atoms with Gasteiger partial charge >= 0.3 is 6.01 Å². The number of aromatic nitrogens is 3. The quantitative estimate of drug-likeness (QED) is 0.403. The minimum Gasteiger partial charge on any atom is -0.464 e. The van der Waals surface area contributed by atoms with Crippen LogP contribution in [0.25, 0.3) is 22.5 Å². The molecule has 0 radical (unpaired) electrons. The molecule has 38 heavy (non-hydrogen) atoms. The second kappa shape index (κ2) is 12.0. The Morgan fingerprint density at radius 2 is 1.97 bits per heavy atom. The zero-order valence-corrected chi connectivity index (χ0v) is 22.0. The summed E-state index contributed by atoms with van der Waals surface area (Å²) in [5, 5.41) is 9.31. The highest BCUT2D eigenvalue weighted by molar-refractivity contribution is 5.91. The lowest BCUT2D eigenvalue weighted by atomic mass is 9.97. The molecule has 194 valence electrons. The fraction of sp³-hybridized carbons (Fsp3) is 0.323. The number of allylic oxidation sites excluding steroid dienone is 8. The summed E-state index contributed by atoms with van der Waals surface area (Å²) in [6, 6.07) is 10.2. The van der Waals surface area contributed by atoms with Crippen molar-refractivity contribution in [2.24, 2.45) is 5.92 Å². The first-order valence-electron chi connectivity index (χ1n) is 13.1. The molecule has 1 atom stereocenters. The average Bonchev–Trinajstić information content (AvgIpc) is 3.43. The van der Waals surface area contributed by atoms with Crippen LogP contribution >= 0.6 is 0 Å². The van der Waals surface area contributed by atoms with Crippen molar-refractivity contribution < 1.29 is 9.47 Å². The van der Waals surface area contributed by atoms with Crippen LogP contribution in [0.3, 0.4) is 0 Å². The molecule has 7 nitrogen and oxygen atoms in total. The van der Waals surface area contributed by atoms with Crippen molar-refractivity contribution in [3.05, 3.63) is 89.8 Å². The number of fused-ring (bicyclic) bond motifs is 1. The average molecular weight is 508 g/mol. The highest BCUT2D eigenvalue weighted by atomic mass is 16.5. The molecule has 2 aromatic heterocycles. The van der Waals surface area contributed by atoms with Crippen molar-refractivity contribution in [3.8, 4) is 23.3 Å². The van der Waals surface area contributed by atoms with E-state index in [4.69, 9.17) is 19.4 Å². The summed E-state index contributed by atoms with van der Waals surface area (Å²) >= 11 is 0. The summed E-state index contributed by atoms with van der Waals surface area (Å²) in [6.07, 6.45) is 18.4. The van der Waals surface area contributed by atoms with E-state index in [2.05, 4.69) is 54.3 Å². The predicted octanol–water partition coefficient (Wildman–Crippen LogP) is 5.46. The largest absolute Gasteiger partial charge is 0.464 e. The molecule has 1 aromatic carbocycles. The van der Waals surface area contributed by atoms with Gasteiger partial charge in [0, 0.05) is 44.1 Å². The van der Waals surface area contributed by atoms with Crippen LogP contribution in [0.4, 0.5) is 0 Å². The van der Waals surface area contributed by atoms with Crippen molar-refractivity contribution in [1.82, 2.24) is 19.3 Å². The van der Waals surface area contributed by atoms with Gasteiger partial charge in [-0.1, -0.05) is 54.2 Å². The Bertz CT molecular complexity index is 1440. The second-order valence-corrected chi connectivity index (χ2v) is 9.79. The molecule has 3 heterocycles. The molecule has 1 aliphatic heterocycles. The number of methoxy groups -OCH3 is 1. The number of ether oxygens (including phenoxy) is 2. The van der Waals surface area contributed by atoms with Gasteiger partial charge in [0.15, 0.2) is 5.65 Å². The molecule has 0 amide bonds. The third-order valence-corrected chi connectivity index (χ3v) is 7.02. The SMILES string of the molecule is COCCN1CCCC(COc2nc(-c3ccc(C#N)cc3)c(C3=C/C=C\C(C)=C/C=C\3)c3nccn23)C1. The number of nitrogens with zero attached hydrogens (tertiary/aromatic N) is 5. The summed E-state index contributed by atoms with van der Waals surface area (Å²) in [7, 11) is 1.75. The van der Waals surface area contributed by atoms with Crippen molar-refractivity contribution in [2.75, 3.05) is 40.0 Å². The Balaban J connectivity index is 1.53. The normalized spacial score (nSPS) is 22.4. The van der Waals surface area contributed by atoms with Crippen LogP contribution in [0.5, 0.6) is 6.01 Å². The zero-order valence-electron chi connectivity index (χ0n) is 22.0. The van der Waals surface area contributed by atoms with Crippen LogP contribution in [0.2, 0.25) is 0 Å².